The largest absolute Gasteiger partial charge is 0.508 e. The lowest BCUT2D eigenvalue weighted by Crippen LogP contribution is -2.07. The predicted molar refractivity (Wildman–Crippen MR) is 83.5 cm³/mol. The second-order valence-electron chi connectivity index (χ2n) is 4.97. The maximum atomic E-state index is 9.53. The molecule has 1 aliphatic rings. The molecule has 0 spiro atoms. The van der Waals surface area contributed by atoms with Gasteiger partial charge in [-0.2, -0.15) is 0 Å². The summed E-state index contributed by atoms with van der Waals surface area (Å²) >= 11 is 3.46. The van der Waals surface area contributed by atoms with Crippen LogP contribution >= 0.6 is 15.9 Å². The monoisotopic (exact) mass is 333 g/mol. The number of halogens is 1. The van der Waals surface area contributed by atoms with Crippen LogP contribution in [0.2, 0.25) is 0 Å². The average molecular weight is 334 g/mol. The van der Waals surface area contributed by atoms with Crippen molar-refractivity contribution in [3.63, 3.8) is 0 Å². The lowest BCUT2D eigenvalue weighted by molar-refractivity contribution is 0.412. The molecule has 0 bridgehead atoms. The maximum absolute atomic E-state index is 9.53. The van der Waals surface area contributed by atoms with E-state index in [9.17, 15) is 5.11 Å². The lowest BCUT2D eigenvalue weighted by Gasteiger charge is -2.16. The molecule has 2 aromatic rings. The highest BCUT2D eigenvalue weighted by atomic mass is 79.9. The fraction of sp³-hybridized carbons (Fsp3) is 0.250. The number of anilines is 1. The van der Waals surface area contributed by atoms with Crippen molar-refractivity contribution >= 4 is 21.6 Å². The predicted octanol–water partition coefficient (Wildman–Crippen LogP) is 4.26. The highest BCUT2D eigenvalue weighted by molar-refractivity contribution is 9.10. The summed E-state index contributed by atoms with van der Waals surface area (Å²) in [5.41, 5.74) is 3.53. The highest BCUT2D eigenvalue weighted by Gasteiger charge is 2.22. The van der Waals surface area contributed by atoms with Gasteiger partial charge in [-0.15, -0.1) is 0 Å². The minimum atomic E-state index is 0.288. The summed E-state index contributed by atoms with van der Waals surface area (Å²) in [5.74, 6) is 1.16. The van der Waals surface area contributed by atoms with E-state index >= 15 is 0 Å². The fourth-order valence-corrected chi connectivity index (χ4v) is 3.11. The number of aromatic hydroxyl groups is 1. The zero-order chi connectivity index (χ0) is 14.1. The topological polar surface area (TPSA) is 41.5 Å². The minimum absolute atomic E-state index is 0.288. The Kier molecular flexibility index (Phi) is 3.57. The van der Waals surface area contributed by atoms with Crippen molar-refractivity contribution in [1.29, 1.82) is 0 Å². The van der Waals surface area contributed by atoms with Gasteiger partial charge in [-0.3, -0.25) is 0 Å². The van der Waals surface area contributed by atoms with E-state index in [1.165, 1.54) is 11.1 Å². The molecule has 1 aliphatic carbocycles. The quantitative estimate of drug-likeness (QED) is 0.881. The van der Waals surface area contributed by atoms with Crippen LogP contribution in [0.1, 0.15) is 23.6 Å². The number of fused-ring (bicyclic) bond motifs is 1. The molecule has 2 aromatic carbocycles. The Morgan fingerprint density at radius 3 is 2.90 bits per heavy atom. The number of aryl methyl sites for hydroxylation is 1. The van der Waals surface area contributed by atoms with Crippen LogP contribution in [0.4, 0.5) is 5.69 Å². The van der Waals surface area contributed by atoms with Crippen molar-refractivity contribution in [3.8, 4) is 11.5 Å². The molecule has 20 heavy (non-hydrogen) atoms. The van der Waals surface area contributed by atoms with E-state index in [4.69, 9.17) is 4.74 Å². The van der Waals surface area contributed by atoms with E-state index in [-0.39, 0.29) is 6.04 Å². The summed E-state index contributed by atoms with van der Waals surface area (Å²) in [6, 6.07) is 11.9. The minimum Gasteiger partial charge on any atom is -0.508 e. The van der Waals surface area contributed by atoms with Crippen LogP contribution in [0.3, 0.4) is 0 Å². The van der Waals surface area contributed by atoms with Crippen molar-refractivity contribution in [2.45, 2.75) is 18.9 Å². The molecular weight excluding hydrogens is 318 g/mol. The van der Waals surface area contributed by atoms with Crippen LogP contribution in [-0.4, -0.2) is 12.2 Å². The first kappa shape index (κ1) is 13.3. The number of nitrogens with one attached hydrogen (secondary N) is 1. The van der Waals surface area contributed by atoms with Crippen molar-refractivity contribution in [1.82, 2.24) is 0 Å². The Balaban J connectivity index is 1.84. The third kappa shape index (κ3) is 2.48. The zero-order valence-electron chi connectivity index (χ0n) is 11.2. The van der Waals surface area contributed by atoms with E-state index in [2.05, 4.69) is 21.2 Å². The van der Waals surface area contributed by atoms with Crippen LogP contribution in [0, 0.1) is 0 Å². The maximum Gasteiger partial charge on any atom is 0.135 e. The van der Waals surface area contributed by atoms with E-state index in [0.29, 0.717) is 5.75 Å². The standard InChI is InChI=1S/C16H16BrNO2/c1-20-16-9-11(3-6-14(16)17)18-15-7-2-10-8-12(19)4-5-13(10)15/h3-6,8-9,15,18-19H,2,7H2,1H3. The summed E-state index contributed by atoms with van der Waals surface area (Å²) < 4.78 is 6.26. The van der Waals surface area contributed by atoms with Gasteiger partial charge in [0, 0.05) is 11.8 Å². The molecule has 0 radical (unpaired) electrons. The number of rotatable bonds is 3. The Bertz CT molecular complexity index is 642. The van der Waals surface area contributed by atoms with Gasteiger partial charge in [-0.05, 0) is 64.2 Å². The first-order valence-corrected chi connectivity index (χ1v) is 7.38. The highest BCUT2D eigenvalue weighted by Crippen LogP contribution is 2.37. The smallest absolute Gasteiger partial charge is 0.135 e. The van der Waals surface area contributed by atoms with Gasteiger partial charge < -0.3 is 15.2 Å². The third-order valence-corrected chi connectivity index (χ3v) is 4.35. The molecule has 0 saturated heterocycles. The third-order valence-electron chi connectivity index (χ3n) is 3.70. The number of ether oxygens (including phenoxy) is 1. The molecule has 4 heteroatoms. The summed E-state index contributed by atoms with van der Waals surface area (Å²) in [7, 11) is 1.66. The van der Waals surface area contributed by atoms with Crippen molar-refractivity contribution in [2.75, 3.05) is 12.4 Å². The van der Waals surface area contributed by atoms with Crippen molar-refractivity contribution < 1.29 is 9.84 Å². The fourth-order valence-electron chi connectivity index (χ4n) is 2.70. The normalized spacial score (nSPS) is 16.8. The first-order valence-electron chi connectivity index (χ1n) is 6.59. The molecule has 1 atom stereocenters. The van der Waals surface area contributed by atoms with Crippen LogP contribution in [0.15, 0.2) is 40.9 Å². The van der Waals surface area contributed by atoms with Crippen LogP contribution in [-0.2, 0) is 6.42 Å². The van der Waals surface area contributed by atoms with Gasteiger partial charge in [0.25, 0.3) is 0 Å². The van der Waals surface area contributed by atoms with Gasteiger partial charge in [0.05, 0.1) is 17.6 Å². The van der Waals surface area contributed by atoms with Gasteiger partial charge in [-0.1, -0.05) is 6.07 Å². The van der Waals surface area contributed by atoms with Crippen LogP contribution in [0.5, 0.6) is 11.5 Å². The summed E-state index contributed by atoms with van der Waals surface area (Å²) in [6.45, 7) is 0. The molecule has 3 nitrogen and oxygen atoms in total. The number of hydrogen-bond acceptors (Lipinski definition) is 3. The molecule has 0 heterocycles. The van der Waals surface area contributed by atoms with Gasteiger partial charge in [0.1, 0.15) is 11.5 Å². The first-order chi connectivity index (χ1) is 9.67. The molecule has 104 valence electrons. The number of benzene rings is 2. The van der Waals surface area contributed by atoms with Crippen LogP contribution < -0.4 is 10.1 Å². The van der Waals surface area contributed by atoms with Gasteiger partial charge in [0.2, 0.25) is 0 Å². The van der Waals surface area contributed by atoms with E-state index in [0.717, 1.165) is 28.8 Å². The molecule has 0 aliphatic heterocycles. The zero-order valence-corrected chi connectivity index (χ0v) is 12.8. The van der Waals surface area contributed by atoms with E-state index in [1.54, 1.807) is 13.2 Å². The molecular formula is C16H16BrNO2. The molecule has 0 amide bonds. The molecule has 0 aromatic heterocycles. The van der Waals surface area contributed by atoms with Crippen molar-refractivity contribution in [2.24, 2.45) is 0 Å². The van der Waals surface area contributed by atoms with Crippen LogP contribution in [0.25, 0.3) is 0 Å². The number of hydrogen-bond donors (Lipinski definition) is 2. The Hall–Kier alpha value is -1.68. The SMILES string of the molecule is COc1cc(NC2CCc3cc(O)ccc32)ccc1Br. The summed E-state index contributed by atoms with van der Waals surface area (Å²) in [6.07, 6.45) is 2.03. The number of methoxy groups -OCH3 is 1. The van der Waals surface area contributed by atoms with E-state index in [1.807, 2.05) is 30.3 Å². The lowest BCUT2D eigenvalue weighted by atomic mass is 10.1. The Morgan fingerprint density at radius 1 is 1.25 bits per heavy atom. The van der Waals surface area contributed by atoms with Gasteiger partial charge >= 0.3 is 0 Å². The number of phenolic OH excluding ortho intramolecular Hbond substituents is 1. The van der Waals surface area contributed by atoms with Gasteiger partial charge in [-0.25, -0.2) is 0 Å². The van der Waals surface area contributed by atoms with E-state index < -0.39 is 0 Å². The second-order valence-corrected chi connectivity index (χ2v) is 5.82. The molecule has 0 fully saturated rings. The Labute approximate surface area is 126 Å². The Morgan fingerprint density at radius 2 is 2.10 bits per heavy atom. The molecule has 3 rings (SSSR count). The molecule has 0 saturated carbocycles. The molecule has 2 N–H and O–H groups in total. The second kappa shape index (κ2) is 5.37. The summed E-state index contributed by atoms with van der Waals surface area (Å²) in [5, 5.41) is 13.1. The number of phenols is 1. The summed E-state index contributed by atoms with van der Waals surface area (Å²) in [4.78, 5) is 0. The van der Waals surface area contributed by atoms with Gasteiger partial charge in [0.15, 0.2) is 0 Å². The average Bonchev–Trinajstić information content (AvgIpc) is 2.83. The van der Waals surface area contributed by atoms with Crippen molar-refractivity contribution in [3.05, 3.63) is 52.0 Å². The molecule has 1 unspecified atom stereocenters.